The summed E-state index contributed by atoms with van der Waals surface area (Å²) in [7, 11) is 0. The summed E-state index contributed by atoms with van der Waals surface area (Å²) in [6, 6.07) is 24.7. The van der Waals surface area contributed by atoms with E-state index in [0.29, 0.717) is 22.2 Å². The molecule has 5 nitrogen and oxygen atoms in total. The quantitative estimate of drug-likeness (QED) is 0.193. The fourth-order valence-electron chi connectivity index (χ4n) is 4.44. The second-order valence-electron chi connectivity index (χ2n) is 9.08. The molecule has 5 aromatic rings. The summed E-state index contributed by atoms with van der Waals surface area (Å²) in [4.78, 5) is 30.4. The summed E-state index contributed by atoms with van der Waals surface area (Å²) in [6.07, 6.45) is 0. The number of fused-ring (bicyclic) bond motifs is 1. The summed E-state index contributed by atoms with van der Waals surface area (Å²) < 4.78 is 20.7. The Labute approximate surface area is 214 Å². The Bertz CT molecular complexity index is 1610. The summed E-state index contributed by atoms with van der Waals surface area (Å²) >= 11 is 0. The summed E-state index contributed by atoms with van der Waals surface area (Å²) in [5, 5.41) is 0.651. The van der Waals surface area contributed by atoms with E-state index in [1.807, 2.05) is 49.4 Å². The smallest absolute Gasteiger partial charge is 0.339 e. The Balaban J connectivity index is 1.46. The number of aromatic nitrogens is 2. The van der Waals surface area contributed by atoms with Crippen LogP contribution in [0, 0.1) is 26.6 Å². The van der Waals surface area contributed by atoms with Gasteiger partial charge >= 0.3 is 5.97 Å². The van der Waals surface area contributed by atoms with Crippen LogP contribution in [0.4, 0.5) is 4.39 Å². The van der Waals surface area contributed by atoms with Gasteiger partial charge in [-0.05, 0) is 87.5 Å². The van der Waals surface area contributed by atoms with Gasteiger partial charge in [0.25, 0.3) is 0 Å². The largest absolute Gasteiger partial charge is 0.454 e. The van der Waals surface area contributed by atoms with Gasteiger partial charge in [0.15, 0.2) is 12.4 Å². The van der Waals surface area contributed by atoms with Crippen molar-refractivity contribution in [3.05, 3.63) is 119 Å². The van der Waals surface area contributed by atoms with Gasteiger partial charge in [-0.15, -0.1) is 0 Å². The van der Waals surface area contributed by atoms with Crippen LogP contribution in [-0.2, 0) is 4.74 Å². The fourth-order valence-corrected chi connectivity index (χ4v) is 4.44. The molecule has 2 heterocycles. The van der Waals surface area contributed by atoms with Crippen LogP contribution >= 0.6 is 0 Å². The number of rotatable bonds is 6. The van der Waals surface area contributed by atoms with E-state index >= 15 is 0 Å². The van der Waals surface area contributed by atoms with Crippen LogP contribution in [0.3, 0.4) is 0 Å². The van der Waals surface area contributed by atoms with Crippen LogP contribution in [-0.4, -0.2) is 27.9 Å². The lowest BCUT2D eigenvalue weighted by molar-refractivity contribution is 0.0476. The first-order valence-corrected chi connectivity index (χ1v) is 11.9. The van der Waals surface area contributed by atoms with Crippen molar-refractivity contribution in [1.29, 1.82) is 0 Å². The molecule has 6 heteroatoms. The third-order valence-electron chi connectivity index (χ3n) is 6.38. The lowest BCUT2D eigenvalue weighted by Crippen LogP contribution is -2.15. The zero-order valence-corrected chi connectivity index (χ0v) is 20.8. The highest BCUT2D eigenvalue weighted by Crippen LogP contribution is 2.28. The maximum atomic E-state index is 13.2. The number of aryl methyl sites for hydroxylation is 3. The van der Waals surface area contributed by atoms with Crippen LogP contribution in [0.1, 0.15) is 37.7 Å². The first-order valence-electron chi connectivity index (χ1n) is 11.9. The molecule has 37 heavy (non-hydrogen) atoms. The normalized spacial score (nSPS) is 11.0. The summed E-state index contributed by atoms with van der Waals surface area (Å²) in [5.74, 6) is -1.47. The number of carbonyl (C=O) groups excluding carboxylic acids is 2. The van der Waals surface area contributed by atoms with E-state index in [9.17, 15) is 14.0 Å². The van der Waals surface area contributed by atoms with Gasteiger partial charge in [-0.2, -0.15) is 0 Å². The van der Waals surface area contributed by atoms with Crippen molar-refractivity contribution < 1.29 is 18.7 Å². The second-order valence-corrected chi connectivity index (χ2v) is 9.08. The molecular formula is C31H25FN2O3. The third kappa shape index (κ3) is 4.91. The molecule has 0 saturated heterocycles. The molecule has 0 atom stereocenters. The third-order valence-corrected chi connectivity index (χ3v) is 6.38. The number of hydrogen-bond donors (Lipinski definition) is 0. The Morgan fingerprint density at radius 3 is 2.19 bits per heavy atom. The Hall–Kier alpha value is -4.58. The molecular weight excluding hydrogens is 467 g/mol. The van der Waals surface area contributed by atoms with E-state index in [-0.39, 0.29) is 5.56 Å². The van der Waals surface area contributed by atoms with Crippen molar-refractivity contribution in [1.82, 2.24) is 9.55 Å². The molecule has 0 unspecified atom stereocenters. The Morgan fingerprint density at radius 2 is 1.51 bits per heavy atom. The van der Waals surface area contributed by atoms with E-state index in [4.69, 9.17) is 9.72 Å². The topological polar surface area (TPSA) is 61.2 Å². The minimum Gasteiger partial charge on any atom is -0.454 e. The molecule has 5 rings (SSSR count). The molecule has 0 N–H and O–H groups in total. The van der Waals surface area contributed by atoms with Crippen molar-refractivity contribution in [2.75, 3.05) is 6.61 Å². The van der Waals surface area contributed by atoms with Crippen molar-refractivity contribution in [3.8, 4) is 16.9 Å². The zero-order chi connectivity index (χ0) is 26.1. The number of Topliss-reactive ketones (excluding diaryl/α,β-unsaturated/α-hetero) is 1. The lowest BCUT2D eigenvalue weighted by Gasteiger charge is -2.12. The van der Waals surface area contributed by atoms with E-state index in [1.54, 1.807) is 6.07 Å². The average molecular weight is 493 g/mol. The molecule has 0 bridgehead atoms. The standard InChI is InChI=1S/C31H25FN2O3/c1-19-4-15-28-26(16-19)27(31(36)37-18-30(35)23-7-11-24(32)12-8-23)17-29(33-28)22-9-13-25(14-10-22)34-20(2)5-6-21(34)3/h4-17H,18H2,1-3H3. The van der Waals surface area contributed by atoms with Crippen LogP contribution in [0.25, 0.3) is 27.8 Å². The number of ether oxygens (including phenoxy) is 1. The molecule has 0 spiro atoms. The van der Waals surface area contributed by atoms with Gasteiger partial charge in [-0.3, -0.25) is 4.79 Å². The van der Waals surface area contributed by atoms with Gasteiger partial charge in [-0.25, -0.2) is 14.2 Å². The Kier molecular flexibility index (Phi) is 6.40. The number of hydrogen-bond acceptors (Lipinski definition) is 4. The number of nitrogens with zero attached hydrogens (tertiary/aromatic N) is 2. The molecule has 0 aliphatic heterocycles. The van der Waals surface area contributed by atoms with E-state index in [2.05, 4.69) is 30.5 Å². The first kappa shape index (κ1) is 24.1. The number of benzene rings is 3. The van der Waals surface area contributed by atoms with Gasteiger partial charge < -0.3 is 9.30 Å². The molecule has 0 aliphatic carbocycles. The van der Waals surface area contributed by atoms with Crippen molar-refractivity contribution >= 4 is 22.7 Å². The number of carbonyl (C=O) groups is 2. The highest BCUT2D eigenvalue weighted by molar-refractivity contribution is 6.06. The SMILES string of the molecule is Cc1ccc2nc(-c3ccc(-n4c(C)ccc4C)cc3)cc(C(=O)OCC(=O)c3ccc(F)cc3)c2c1. The van der Waals surface area contributed by atoms with Gasteiger partial charge in [0, 0.05) is 33.6 Å². The highest BCUT2D eigenvalue weighted by atomic mass is 19.1. The van der Waals surface area contributed by atoms with E-state index < -0.39 is 24.2 Å². The first-order chi connectivity index (χ1) is 17.8. The van der Waals surface area contributed by atoms with Crippen LogP contribution in [0.15, 0.2) is 84.9 Å². The second kappa shape index (κ2) is 9.82. The average Bonchev–Trinajstić information content (AvgIpc) is 3.24. The molecule has 0 fully saturated rings. The van der Waals surface area contributed by atoms with Crippen molar-refractivity contribution in [2.45, 2.75) is 20.8 Å². The van der Waals surface area contributed by atoms with Gasteiger partial charge in [0.1, 0.15) is 5.82 Å². The monoisotopic (exact) mass is 492 g/mol. The van der Waals surface area contributed by atoms with Gasteiger partial charge in [0.05, 0.1) is 16.8 Å². The predicted octanol–water partition coefficient (Wildman–Crippen LogP) is 6.80. The number of ketones is 1. The molecule has 0 saturated carbocycles. The number of esters is 1. The van der Waals surface area contributed by atoms with E-state index in [0.717, 1.165) is 28.2 Å². The summed E-state index contributed by atoms with van der Waals surface area (Å²) in [6.45, 7) is 5.61. The number of pyridine rings is 1. The predicted molar refractivity (Wildman–Crippen MR) is 142 cm³/mol. The fraction of sp³-hybridized carbons (Fsp3) is 0.129. The molecule has 2 aromatic heterocycles. The van der Waals surface area contributed by atoms with Crippen LogP contribution in [0.2, 0.25) is 0 Å². The Morgan fingerprint density at radius 1 is 0.838 bits per heavy atom. The minimum absolute atomic E-state index is 0.276. The maximum Gasteiger partial charge on any atom is 0.339 e. The van der Waals surface area contributed by atoms with E-state index in [1.165, 1.54) is 24.3 Å². The summed E-state index contributed by atoms with van der Waals surface area (Å²) in [5.41, 5.74) is 7.04. The van der Waals surface area contributed by atoms with Crippen molar-refractivity contribution in [3.63, 3.8) is 0 Å². The van der Waals surface area contributed by atoms with Gasteiger partial charge in [0.2, 0.25) is 0 Å². The maximum absolute atomic E-state index is 13.2. The van der Waals surface area contributed by atoms with Crippen molar-refractivity contribution in [2.24, 2.45) is 0 Å². The minimum atomic E-state index is -0.620. The molecule has 184 valence electrons. The molecule has 0 amide bonds. The molecule has 0 aliphatic rings. The highest BCUT2D eigenvalue weighted by Gasteiger charge is 2.18. The van der Waals surface area contributed by atoms with Crippen LogP contribution < -0.4 is 0 Å². The van der Waals surface area contributed by atoms with Gasteiger partial charge in [-0.1, -0.05) is 23.8 Å². The molecule has 0 radical (unpaired) electrons. The van der Waals surface area contributed by atoms with Crippen LogP contribution in [0.5, 0.6) is 0 Å². The molecule has 3 aromatic carbocycles. The zero-order valence-electron chi connectivity index (χ0n) is 20.8. The number of halogens is 1. The lowest BCUT2D eigenvalue weighted by atomic mass is 10.0.